The number of imide groups is 1. The Balaban J connectivity index is 1.52. The highest BCUT2D eigenvalue weighted by molar-refractivity contribution is 7.12. The van der Waals surface area contributed by atoms with Crippen molar-refractivity contribution in [3.8, 4) is 0 Å². The summed E-state index contributed by atoms with van der Waals surface area (Å²) in [4.78, 5) is 35.7. The summed E-state index contributed by atoms with van der Waals surface area (Å²) in [6.45, 7) is -0.667. The maximum absolute atomic E-state index is 13.1. The van der Waals surface area contributed by atoms with Crippen molar-refractivity contribution in [3.63, 3.8) is 0 Å². The second-order valence-corrected chi connectivity index (χ2v) is 6.94. The van der Waals surface area contributed by atoms with Crippen molar-refractivity contribution in [1.29, 1.82) is 0 Å². The molecule has 1 heterocycles. The molecule has 0 radical (unpaired) electrons. The Bertz CT molecular complexity index is 864. The molecule has 1 aliphatic rings. The van der Waals surface area contributed by atoms with E-state index in [2.05, 4.69) is 5.32 Å². The van der Waals surface area contributed by atoms with E-state index in [0.29, 0.717) is 4.88 Å². The van der Waals surface area contributed by atoms with Crippen LogP contribution in [0.3, 0.4) is 0 Å². The lowest BCUT2D eigenvalue weighted by Gasteiger charge is -2.12. The van der Waals surface area contributed by atoms with Crippen molar-refractivity contribution >= 4 is 29.1 Å². The number of hydrogen-bond acceptors (Lipinski definition) is 5. The first-order valence-corrected chi connectivity index (χ1v) is 8.86. The van der Waals surface area contributed by atoms with E-state index < -0.39 is 48.0 Å². The predicted molar refractivity (Wildman–Crippen MR) is 90.0 cm³/mol. The first-order valence-electron chi connectivity index (χ1n) is 7.98. The zero-order chi connectivity index (χ0) is 19.6. The van der Waals surface area contributed by atoms with Crippen LogP contribution in [0, 0.1) is 5.92 Å². The molecule has 0 spiro atoms. The molecule has 1 saturated carbocycles. The molecule has 5 nitrogen and oxygen atoms in total. The normalized spacial score (nSPS) is 18.6. The standard InChI is InChI=1S/C18H14F3NO4S/c19-18(20,21)13-5-2-1-4-10(13)11-8-12(11)17(25)26-9-15(23)22-16(24)14-6-3-7-27-14/h1-7,11-12H,8-9H2,(H,22,23,24). The molecule has 1 N–H and O–H groups in total. The van der Waals surface area contributed by atoms with Gasteiger partial charge in [-0.1, -0.05) is 24.3 Å². The van der Waals surface area contributed by atoms with E-state index in [9.17, 15) is 27.6 Å². The van der Waals surface area contributed by atoms with Gasteiger partial charge in [0.1, 0.15) is 0 Å². The average Bonchev–Trinajstić information content (AvgIpc) is 3.22. The van der Waals surface area contributed by atoms with E-state index in [1.54, 1.807) is 11.4 Å². The number of rotatable bonds is 5. The molecule has 0 aliphatic heterocycles. The summed E-state index contributed by atoms with van der Waals surface area (Å²) in [7, 11) is 0. The molecule has 9 heteroatoms. The van der Waals surface area contributed by atoms with Gasteiger partial charge in [-0.05, 0) is 35.4 Å². The first-order chi connectivity index (χ1) is 12.8. The van der Waals surface area contributed by atoms with E-state index in [4.69, 9.17) is 4.74 Å². The summed E-state index contributed by atoms with van der Waals surface area (Å²) in [6.07, 6.45) is -4.28. The summed E-state index contributed by atoms with van der Waals surface area (Å²) < 4.78 is 44.0. The minimum atomic E-state index is -4.50. The van der Waals surface area contributed by atoms with Crippen molar-refractivity contribution in [2.75, 3.05) is 6.61 Å². The predicted octanol–water partition coefficient (Wildman–Crippen LogP) is 3.37. The number of halogens is 3. The van der Waals surface area contributed by atoms with Gasteiger partial charge in [0, 0.05) is 0 Å². The number of hydrogen-bond donors (Lipinski definition) is 1. The van der Waals surface area contributed by atoms with Gasteiger partial charge in [0.2, 0.25) is 0 Å². The Morgan fingerprint density at radius 2 is 1.89 bits per heavy atom. The molecule has 3 rings (SSSR count). The molecule has 2 unspecified atom stereocenters. The molecule has 27 heavy (non-hydrogen) atoms. The van der Waals surface area contributed by atoms with E-state index in [1.807, 2.05) is 0 Å². The second-order valence-electron chi connectivity index (χ2n) is 6.00. The third kappa shape index (κ3) is 4.54. The van der Waals surface area contributed by atoms with Crippen LogP contribution in [0.5, 0.6) is 0 Å². The van der Waals surface area contributed by atoms with E-state index in [0.717, 1.165) is 17.4 Å². The topological polar surface area (TPSA) is 72.5 Å². The third-order valence-electron chi connectivity index (χ3n) is 4.10. The number of alkyl halides is 3. The lowest BCUT2D eigenvalue weighted by atomic mass is 10.0. The van der Waals surface area contributed by atoms with Crippen LogP contribution < -0.4 is 5.32 Å². The van der Waals surface area contributed by atoms with Gasteiger partial charge < -0.3 is 4.74 Å². The van der Waals surface area contributed by atoms with Crippen molar-refractivity contribution in [2.45, 2.75) is 18.5 Å². The Morgan fingerprint density at radius 1 is 1.15 bits per heavy atom. The zero-order valence-corrected chi connectivity index (χ0v) is 14.6. The second kappa shape index (κ2) is 7.51. The summed E-state index contributed by atoms with van der Waals surface area (Å²) in [5, 5.41) is 3.75. The molecule has 2 aromatic rings. The highest BCUT2D eigenvalue weighted by atomic mass is 32.1. The minimum absolute atomic E-state index is 0.0456. The molecule has 2 amide bonds. The van der Waals surface area contributed by atoms with Gasteiger partial charge in [-0.2, -0.15) is 13.2 Å². The molecule has 1 aromatic carbocycles. The molecule has 142 valence electrons. The summed E-state index contributed by atoms with van der Waals surface area (Å²) in [5.41, 5.74) is -0.728. The third-order valence-corrected chi connectivity index (χ3v) is 4.97. The van der Waals surface area contributed by atoms with E-state index >= 15 is 0 Å². The number of ether oxygens (including phenoxy) is 1. The average molecular weight is 397 g/mol. The van der Waals surface area contributed by atoms with Gasteiger partial charge >= 0.3 is 12.1 Å². The molecule has 2 atom stereocenters. The summed E-state index contributed by atoms with van der Waals surface area (Å²) >= 11 is 1.15. The largest absolute Gasteiger partial charge is 0.455 e. The van der Waals surface area contributed by atoms with Crippen molar-refractivity contribution in [1.82, 2.24) is 5.32 Å². The fourth-order valence-corrected chi connectivity index (χ4v) is 3.37. The Kier molecular flexibility index (Phi) is 5.31. The van der Waals surface area contributed by atoms with Crippen LogP contribution >= 0.6 is 11.3 Å². The number of esters is 1. The Hall–Kier alpha value is -2.68. The molecular formula is C18H14F3NO4S. The van der Waals surface area contributed by atoms with Gasteiger partial charge in [-0.3, -0.25) is 19.7 Å². The Morgan fingerprint density at radius 3 is 2.56 bits per heavy atom. The van der Waals surface area contributed by atoms with Crippen LogP contribution in [0.15, 0.2) is 41.8 Å². The van der Waals surface area contributed by atoms with Crippen LogP contribution in [0.4, 0.5) is 13.2 Å². The van der Waals surface area contributed by atoms with Crippen LogP contribution in [0.2, 0.25) is 0 Å². The maximum Gasteiger partial charge on any atom is 0.416 e. The fourth-order valence-electron chi connectivity index (χ4n) is 2.75. The van der Waals surface area contributed by atoms with E-state index in [-0.39, 0.29) is 12.0 Å². The van der Waals surface area contributed by atoms with Crippen molar-refractivity contribution < 1.29 is 32.3 Å². The van der Waals surface area contributed by atoms with Crippen molar-refractivity contribution in [3.05, 3.63) is 57.8 Å². The molecular weight excluding hydrogens is 383 g/mol. The van der Waals surface area contributed by atoms with Gasteiger partial charge in [0.25, 0.3) is 11.8 Å². The number of carbonyl (C=O) groups is 3. The lowest BCUT2D eigenvalue weighted by molar-refractivity contribution is -0.149. The first kappa shape index (κ1) is 19.1. The lowest BCUT2D eigenvalue weighted by Crippen LogP contribution is -2.33. The molecule has 1 aromatic heterocycles. The van der Waals surface area contributed by atoms with E-state index in [1.165, 1.54) is 24.3 Å². The minimum Gasteiger partial charge on any atom is -0.455 e. The van der Waals surface area contributed by atoms with Crippen molar-refractivity contribution in [2.24, 2.45) is 5.92 Å². The zero-order valence-electron chi connectivity index (χ0n) is 13.8. The number of nitrogens with one attached hydrogen (secondary N) is 1. The van der Waals surface area contributed by atoms with Gasteiger partial charge in [-0.15, -0.1) is 11.3 Å². The van der Waals surface area contributed by atoms with Crippen LogP contribution in [0.25, 0.3) is 0 Å². The molecule has 1 fully saturated rings. The quantitative estimate of drug-likeness (QED) is 0.786. The number of carbonyl (C=O) groups excluding carboxylic acids is 3. The number of benzene rings is 1. The Labute approximate surface area is 156 Å². The SMILES string of the molecule is O=C(COC(=O)C1CC1c1ccccc1C(F)(F)F)NC(=O)c1cccs1. The van der Waals surface area contributed by atoms with Gasteiger partial charge in [0.15, 0.2) is 6.61 Å². The smallest absolute Gasteiger partial charge is 0.416 e. The van der Waals surface area contributed by atoms with Crippen LogP contribution in [-0.4, -0.2) is 24.4 Å². The molecule has 1 aliphatic carbocycles. The van der Waals surface area contributed by atoms with Gasteiger partial charge in [-0.25, -0.2) is 0 Å². The number of thiophene rings is 1. The highest BCUT2D eigenvalue weighted by Gasteiger charge is 2.48. The van der Waals surface area contributed by atoms with Gasteiger partial charge in [0.05, 0.1) is 16.4 Å². The summed E-state index contributed by atoms with van der Waals surface area (Å²) in [6, 6.07) is 8.26. The number of amides is 2. The highest BCUT2D eigenvalue weighted by Crippen LogP contribution is 2.51. The molecule has 0 bridgehead atoms. The maximum atomic E-state index is 13.1. The monoisotopic (exact) mass is 397 g/mol. The molecule has 0 saturated heterocycles. The van der Waals surface area contributed by atoms with Crippen LogP contribution in [0.1, 0.15) is 33.1 Å². The van der Waals surface area contributed by atoms with Crippen LogP contribution in [-0.2, 0) is 20.5 Å². The summed E-state index contributed by atoms with van der Waals surface area (Å²) in [5.74, 6) is -3.47. The fraction of sp³-hybridized carbons (Fsp3) is 0.278.